The molecule has 0 bridgehead atoms. The second-order valence-electron chi connectivity index (χ2n) is 9.33. The summed E-state index contributed by atoms with van der Waals surface area (Å²) in [4.78, 5) is 30.7. The maximum Gasteiger partial charge on any atom is 0.264 e. The van der Waals surface area contributed by atoms with E-state index in [2.05, 4.69) is 10.6 Å². The van der Waals surface area contributed by atoms with E-state index in [4.69, 9.17) is 9.47 Å². The number of hydrogen-bond donors (Lipinski definition) is 0. The topological polar surface area (TPSA) is 64.0 Å². The summed E-state index contributed by atoms with van der Waals surface area (Å²) in [6, 6.07) is 15.6. The van der Waals surface area contributed by atoms with E-state index in [1.807, 2.05) is 73.6 Å². The van der Waals surface area contributed by atoms with Gasteiger partial charge in [0.1, 0.15) is 12.3 Å². The Morgan fingerprint density at radius 1 is 1.06 bits per heavy atom. The summed E-state index contributed by atoms with van der Waals surface area (Å²) in [7, 11) is 3.25. The summed E-state index contributed by atoms with van der Waals surface area (Å²) in [5.41, 5.74) is 1.70. The molecule has 0 aliphatic rings. The van der Waals surface area contributed by atoms with E-state index in [1.54, 1.807) is 25.2 Å². The molecule has 0 fully saturated rings. The first-order chi connectivity index (χ1) is 16.7. The molecule has 3 rings (SSSR count). The van der Waals surface area contributed by atoms with E-state index in [-0.39, 0.29) is 18.4 Å². The molecule has 0 aliphatic heterocycles. The first kappa shape index (κ1) is 26.5. The minimum Gasteiger partial charge on any atom is -0.497 e. The van der Waals surface area contributed by atoms with Crippen molar-refractivity contribution in [1.82, 2.24) is 14.4 Å². The number of benzene rings is 1. The third-order valence-electron chi connectivity index (χ3n) is 5.75. The summed E-state index contributed by atoms with van der Waals surface area (Å²) in [6.07, 6.45) is 2.02. The second-order valence-corrected chi connectivity index (χ2v) is 10.3. The van der Waals surface area contributed by atoms with E-state index in [0.29, 0.717) is 31.1 Å². The highest BCUT2D eigenvalue weighted by molar-refractivity contribution is 7.12. The van der Waals surface area contributed by atoms with Crippen LogP contribution in [-0.2, 0) is 22.6 Å². The highest BCUT2D eigenvalue weighted by atomic mass is 32.1. The van der Waals surface area contributed by atoms with Gasteiger partial charge >= 0.3 is 0 Å². The Hall–Kier alpha value is -3.10. The van der Waals surface area contributed by atoms with E-state index in [9.17, 15) is 9.59 Å². The van der Waals surface area contributed by atoms with Crippen molar-refractivity contribution in [2.75, 3.05) is 33.9 Å². The number of aromatic nitrogens is 1. The first-order valence-electron chi connectivity index (χ1n) is 11.6. The highest BCUT2D eigenvalue weighted by Gasteiger charge is 2.30. The molecule has 188 valence electrons. The van der Waals surface area contributed by atoms with E-state index in [0.717, 1.165) is 17.0 Å². The first-order valence-corrected chi connectivity index (χ1v) is 12.5. The Bertz CT molecular complexity index is 1100. The van der Waals surface area contributed by atoms with Gasteiger partial charge in [-0.25, -0.2) is 0 Å². The molecule has 0 radical (unpaired) electrons. The zero-order chi connectivity index (χ0) is 25.4. The van der Waals surface area contributed by atoms with Crippen molar-refractivity contribution in [2.24, 2.45) is 0 Å². The van der Waals surface area contributed by atoms with Crippen LogP contribution in [0.25, 0.3) is 0 Å². The quantitative estimate of drug-likeness (QED) is 0.391. The Labute approximate surface area is 211 Å². The number of ether oxygens (including phenoxy) is 2. The summed E-state index contributed by atoms with van der Waals surface area (Å²) in [5, 5.41) is 1.86. The third-order valence-corrected chi connectivity index (χ3v) is 6.61. The molecule has 0 spiro atoms. The number of thiophene rings is 1. The summed E-state index contributed by atoms with van der Waals surface area (Å²) < 4.78 is 12.7. The van der Waals surface area contributed by atoms with Gasteiger partial charge in [-0.1, -0.05) is 18.2 Å². The normalized spacial score (nSPS) is 11.3. The molecule has 35 heavy (non-hydrogen) atoms. The minimum atomic E-state index is -0.430. The predicted octanol–water partition coefficient (Wildman–Crippen LogP) is 4.52. The molecule has 2 heterocycles. The molecule has 0 unspecified atom stereocenters. The van der Waals surface area contributed by atoms with Gasteiger partial charge in [-0.3, -0.25) is 9.59 Å². The van der Waals surface area contributed by atoms with Crippen molar-refractivity contribution >= 4 is 23.2 Å². The van der Waals surface area contributed by atoms with Gasteiger partial charge in [0.15, 0.2) is 0 Å². The fraction of sp³-hybridized carbons (Fsp3) is 0.407. The maximum absolute atomic E-state index is 13.6. The molecular weight excluding hydrogens is 462 g/mol. The number of methoxy groups -OCH3 is 2. The van der Waals surface area contributed by atoms with Crippen LogP contribution in [0.15, 0.2) is 60.1 Å². The van der Waals surface area contributed by atoms with E-state index < -0.39 is 5.54 Å². The fourth-order valence-corrected chi connectivity index (χ4v) is 4.53. The lowest BCUT2D eigenvalue weighted by molar-refractivity contribution is -0.137. The van der Waals surface area contributed by atoms with Crippen LogP contribution in [0, 0.1) is 0 Å². The van der Waals surface area contributed by atoms with Crippen molar-refractivity contribution in [3.63, 3.8) is 0 Å². The Morgan fingerprint density at radius 2 is 1.86 bits per heavy atom. The Morgan fingerprint density at radius 3 is 2.51 bits per heavy atom. The van der Waals surface area contributed by atoms with Crippen LogP contribution < -0.4 is 4.74 Å². The van der Waals surface area contributed by atoms with Gasteiger partial charge in [-0.2, -0.15) is 0 Å². The molecule has 0 N–H and O–H groups in total. The van der Waals surface area contributed by atoms with Gasteiger partial charge in [-0.15, -0.1) is 11.3 Å². The Kier molecular flexibility index (Phi) is 9.12. The number of amides is 2. The lowest BCUT2D eigenvalue weighted by Crippen LogP contribution is -2.50. The number of hydrogen-bond acceptors (Lipinski definition) is 5. The predicted molar refractivity (Wildman–Crippen MR) is 139 cm³/mol. The molecule has 0 saturated carbocycles. The van der Waals surface area contributed by atoms with Crippen LogP contribution in [0.4, 0.5) is 0 Å². The molecule has 0 atom stereocenters. The van der Waals surface area contributed by atoms with Gasteiger partial charge in [0.2, 0.25) is 5.91 Å². The zero-order valence-corrected chi connectivity index (χ0v) is 22.0. The van der Waals surface area contributed by atoms with Crippen LogP contribution in [0.3, 0.4) is 0 Å². The maximum atomic E-state index is 13.6. The van der Waals surface area contributed by atoms with Gasteiger partial charge in [-0.05, 0) is 62.0 Å². The summed E-state index contributed by atoms with van der Waals surface area (Å²) in [6.45, 7) is 7.86. The van der Waals surface area contributed by atoms with Gasteiger partial charge in [0.05, 0.1) is 25.1 Å². The largest absolute Gasteiger partial charge is 0.497 e. The third kappa shape index (κ3) is 7.19. The van der Waals surface area contributed by atoms with Crippen LogP contribution in [-0.4, -0.2) is 65.6 Å². The smallest absolute Gasteiger partial charge is 0.264 e. The van der Waals surface area contributed by atoms with Crippen molar-refractivity contribution < 1.29 is 19.1 Å². The van der Waals surface area contributed by atoms with Crippen LogP contribution >= 0.6 is 11.3 Å². The molecule has 0 saturated heterocycles. The fourth-order valence-electron chi connectivity index (χ4n) is 3.83. The van der Waals surface area contributed by atoms with Gasteiger partial charge in [0, 0.05) is 37.6 Å². The molecule has 7 nitrogen and oxygen atoms in total. The van der Waals surface area contributed by atoms with Gasteiger partial charge < -0.3 is 23.8 Å². The van der Waals surface area contributed by atoms with Crippen molar-refractivity contribution in [1.29, 1.82) is 0 Å². The number of rotatable bonds is 11. The molecular formula is C27H35N3O4S. The van der Waals surface area contributed by atoms with Crippen LogP contribution in [0.1, 0.15) is 41.7 Å². The molecule has 3 aromatic rings. The van der Waals surface area contributed by atoms with Crippen LogP contribution in [0.2, 0.25) is 0 Å². The molecule has 1 aromatic carbocycles. The monoisotopic (exact) mass is 497 g/mol. The molecule has 0 aliphatic carbocycles. The van der Waals surface area contributed by atoms with Crippen molar-refractivity contribution in [2.45, 2.75) is 39.4 Å². The minimum absolute atomic E-state index is 0.00600. The van der Waals surface area contributed by atoms with E-state index >= 15 is 0 Å². The lowest BCUT2D eigenvalue weighted by Gasteiger charge is -2.37. The average Bonchev–Trinajstić information content (AvgIpc) is 3.51. The van der Waals surface area contributed by atoms with E-state index in [1.165, 1.54) is 11.3 Å². The molecule has 8 heteroatoms. The highest BCUT2D eigenvalue weighted by Crippen LogP contribution is 2.21. The number of nitrogens with zero attached hydrogens (tertiary/aromatic N) is 3. The molecule has 2 amide bonds. The number of carbonyl (C=O) groups excluding carboxylic acids is 2. The van der Waals surface area contributed by atoms with Crippen LogP contribution in [0.5, 0.6) is 5.75 Å². The summed E-state index contributed by atoms with van der Waals surface area (Å²) in [5.74, 6) is 0.558. The lowest BCUT2D eigenvalue weighted by atomic mass is 10.1. The summed E-state index contributed by atoms with van der Waals surface area (Å²) >= 11 is 1.37. The number of carbonyl (C=O) groups is 2. The Balaban J connectivity index is 1.78. The standard InChI is InChI=1S/C27H35N3O4S/c1-27(2,3)30(25(31)20-29(14-15-33-4)26(32)24-12-8-16-35-24)19-22-10-7-13-28(22)18-21-9-6-11-23(17-21)34-5/h6-13,16-17H,14-15,18-20H2,1-5H3. The van der Waals surface area contributed by atoms with Crippen molar-refractivity contribution in [3.05, 3.63) is 76.2 Å². The van der Waals surface area contributed by atoms with Gasteiger partial charge in [0.25, 0.3) is 5.91 Å². The SMILES string of the molecule is COCCN(CC(=O)N(Cc1cccn1Cc1cccc(OC)c1)C(C)(C)C)C(=O)c1cccs1. The average molecular weight is 498 g/mol. The van der Waals surface area contributed by atoms with Crippen molar-refractivity contribution in [3.8, 4) is 5.75 Å². The second kappa shape index (κ2) is 12.0. The zero-order valence-electron chi connectivity index (χ0n) is 21.2. The molecule has 2 aromatic heterocycles.